The van der Waals surface area contributed by atoms with Gasteiger partial charge >= 0.3 is 6.03 Å². The summed E-state index contributed by atoms with van der Waals surface area (Å²) in [5, 5.41) is 18.7. The Morgan fingerprint density at radius 2 is 2.09 bits per heavy atom. The van der Waals surface area contributed by atoms with Crippen LogP contribution in [0.5, 0.6) is 0 Å². The van der Waals surface area contributed by atoms with Crippen LogP contribution in [0.4, 0.5) is 13.6 Å². The number of halogens is 2. The predicted octanol–water partition coefficient (Wildman–Crippen LogP) is 0.978. The Balaban J connectivity index is 1.82. The quantitative estimate of drug-likeness (QED) is 0.738. The molecule has 3 N–H and O–H groups in total. The van der Waals surface area contributed by atoms with Gasteiger partial charge in [0.15, 0.2) is 0 Å². The largest absolute Gasteiger partial charge is 0.386 e. The Morgan fingerprint density at radius 3 is 2.70 bits per heavy atom. The monoisotopic (exact) mass is 325 g/mol. The van der Waals surface area contributed by atoms with Crippen LogP contribution in [0.15, 0.2) is 30.9 Å². The van der Waals surface area contributed by atoms with E-state index < -0.39 is 29.3 Å². The van der Waals surface area contributed by atoms with E-state index in [9.17, 15) is 18.7 Å². The number of aliphatic hydroxyl groups excluding tert-OH is 1. The lowest BCUT2D eigenvalue weighted by Crippen LogP contribution is -2.43. The summed E-state index contributed by atoms with van der Waals surface area (Å²) in [5.74, 6) is -1.72. The Hall–Kier alpha value is -2.55. The molecule has 0 bridgehead atoms. The van der Waals surface area contributed by atoms with E-state index in [1.54, 1.807) is 11.6 Å². The van der Waals surface area contributed by atoms with Crippen LogP contribution in [-0.4, -0.2) is 38.5 Å². The maximum absolute atomic E-state index is 13.5. The molecule has 0 aliphatic carbocycles. The van der Waals surface area contributed by atoms with Gasteiger partial charge in [-0.15, -0.1) is 0 Å². The van der Waals surface area contributed by atoms with Gasteiger partial charge in [0, 0.05) is 12.6 Å². The number of carbonyl (C=O) groups is 1. The van der Waals surface area contributed by atoms with Crippen molar-refractivity contribution in [1.29, 1.82) is 0 Å². The number of aromatic nitrogens is 3. The van der Waals surface area contributed by atoms with Gasteiger partial charge in [0.1, 0.15) is 30.4 Å². The molecule has 0 aliphatic rings. The fraction of sp³-hybridized carbons (Fsp3) is 0.357. The van der Waals surface area contributed by atoms with Gasteiger partial charge in [0.2, 0.25) is 0 Å². The number of aliphatic hydroxyl groups is 1. The standard InChI is InChI=1S/C14H17F2N5O2/c1-9(6-21-8-17-7-19-21)20-14(23)18-5-12(22)13-10(15)3-2-4-11(13)16/h2-4,7-9,12,22H,5-6H2,1H3,(H2,18,20,23). The first kappa shape index (κ1) is 16.8. The number of carbonyl (C=O) groups excluding carboxylic acids is 1. The Morgan fingerprint density at radius 1 is 1.39 bits per heavy atom. The first-order valence-electron chi connectivity index (χ1n) is 6.96. The molecule has 0 fully saturated rings. The van der Waals surface area contributed by atoms with Gasteiger partial charge in [-0.3, -0.25) is 4.68 Å². The molecule has 1 aromatic carbocycles. The topological polar surface area (TPSA) is 92.1 Å². The van der Waals surface area contributed by atoms with E-state index in [2.05, 4.69) is 20.7 Å². The minimum absolute atomic E-state index is 0.251. The highest BCUT2D eigenvalue weighted by atomic mass is 19.1. The smallest absolute Gasteiger partial charge is 0.315 e. The van der Waals surface area contributed by atoms with Crippen molar-refractivity contribution < 1.29 is 18.7 Å². The van der Waals surface area contributed by atoms with Crippen LogP contribution in [-0.2, 0) is 6.54 Å². The molecule has 124 valence electrons. The summed E-state index contributed by atoms with van der Waals surface area (Å²) < 4.78 is 28.6. The molecule has 2 aromatic rings. The van der Waals surface area contributed by atoms with E-state index >= 15 is 0 Å². The van der Waals surface area contributed by atoms with Gasteiger partial charge in [-0.25, -0.2) is 18.6 Å². The van der Waals surface area contributed by atoms with Gasteiger partial charge in [-0.05, 0) is 19.1 Å². The lowest BCUT2D eigenvalue weighted by molar-refractivity contribution is 0.163. The second kappa shape index (κ2) is 7.63. The van der Waals surface area contributed by atoms with Crippen molar-refractivity contribution >= 4 is 6.03 Å². The zero-order chi connectivity index (χ0) is 16.8. The molecule has 9 heteroatoms. The summed E-state index contributed by atoms with van der Waals surface area (Å²) in [6, 6.07) is 2.48. The SMILES string of the molecule is CC(Cn1cncn1)NC(=O)NCC(O)c1c(F)cccc1F. The van der Waals surface area contributed by atoms with Crippen LogP contribution in [0.25, 0.3) is 0 Å². The van der Waals surface area contributed by atoms with Crippen molar-refractivity contribution in [3.63, 3.8) is 0 Å². The van der Waals surface area contributed by atoms with Crippen molar-refractivity contribution in [2.24, 2.45) is 0 Å². The molecule has 2 amide bonds. The summed E-state index contributed by atoms with van der Waals surface area (Å²) >= 11 is 0. The summed E-state index contributed by atoms with van der Waals surface area (Å²) in [6.45, 7) is 1.85. The zero-order valence-electron chi connectivity index (χ0n) is 12.4. The fourth-order valence-electron chi connectivity index (χ4n) is 2.05. The average Bonchev–Trinajstić information content (AvgIpc) is 2.97. The number of hydrogen-bond acceptors (Lipinski definition) is 4. The minimum atomic E-state index is -1.48. The Labute approximate surface area is 131 Å². The Kier molecular flexibility index (Phi) is 5.58. The first-order chi connectivity index (χ1) is 11.0. The van der Waals surface area contributed by atoms with Gasteiger partial charge in [0.05, 0.1) is 12.1 Å². The van der Waals surface area contributed by atoms with Crippen LogP contribution < -0.4 is 10.6 Å². The van der Waals surface area contributed by atoms with E-state index in [-0.39, 0.29) is 12.6 Å². The highest BCUT2D eigenvalue weighted by molar-refractivity contribution is 5.74. The zero-order valence-corrected chi connectivity index (χ0v) is 12.4. The van der Waals surface area contributed by atoms with E-state index in [1.807, 2.05) is 0 Å². The van der Waals surface area contributed by atoms with Crippen molar-refractivity contribution in [3.8, 4) is 0 Å². The molecule has 7 nitrogen and oxygen atoms in total. The number of rotatable bonds is 6. The molecule has 0 spiro atoms. The number of hydrogen-bond donors (Lipinski definition) is 3. The predicted molar refractivity (Wildman–Crippen MR) is 77.3 cm³/mol. The maximum atomic E-state index is 13.5. The third-order valence-electron chi connectivity index (χ3n) is 3.09. The van der Waals surface area contributed by atoms with Crippen LogP contribution in [0, 0.1) is 11.6 Å². The summed E-state index contributed by atoms with van der Waals surface area (Å²) in [7, 11) is 0. The van der Waals surface area contributed by atoms with E-state index in [0.717, 1.165) is 12.1 Å². The second-order valence-electron chi connectivity index (χ2n) is 5.02. The molecule has 0 radical (unpaired) electrons. The molecule has 2 atom stereocenters. The molecular formula is C14H17F2N5O2. The average molecular weight is 325 g/mol. The van der Waals surface area contributed by atoms with E-state index in [0.29, 0.717) is 6.54 Å². The minimum Gasteiger partial charge on any atom is -0.386 e. The molecule has 0 aliphatic heterocycles. The van der Waals surface area contributed by atoms with Gasteiger partial charge in [0.25, 0.3) is 0 Å². The van der Waals surface area contributed by atoms with Gasteiger partial charge in [-0.1, -0.05) is 6.07 Å². The van der Waals surface area contributed by atoms with Crippen LogP contribution in [0.1, 0.15) is 18.6 Å². The molecule has 2 unspecified atom stereocenters. The number of amides is 2. The van der Waals surface area contributed by atoms with Gasteiger partial charge in [-0.2, -0.15) is 5.10 Å². The van der Waals surface area contributed by atoms with Gasteiger partial charge < -0.3 is 15.7 Å². The number of benzene rings is 1. The first-order valence-corrected chi connectivity index (χ1v) is 6.96. The van der Waals surface area contributed by atoms with E-state index in [1.165, 1.54) is 18.7 Å². The highest BCUT2D eigenvalue weighted by Gasteiger charge is 2.18. The van der Waals surface area contributed by atoms with Crippen molar-refractivity contribution in [3.05, 3.63) is 48.1 Å². The van der Waals surface area contributed by atoms with Crippen molar-refractivity contribution in [2.75, 3.05) is 6.54 Å². The fourth-order valence-corrected chi connectivity index (χ4v) is 2.05. The third kappa shape index (κ3) is 4.71. The molecule has 2 rings (SSSR count). The number of nitrogens with one attached hydrogen (secondary N) is 2. The van der Waals surface area contributed by atoms with Crippen LogP contribution >= 0.6 is 0 Å². The van der Waals surface area contributed by atoms with Crippen molar-refractivity contribution in [1.82, 2.24) is 25.4 Å². The van der Waals surface area contributed by atoms with Crippen LogP contribution in [0.2, 0.25) is 0 Å². The lowest BCUT2D eigenvalue weighted by atomic mass is 10.1. The van der Waals surface area contributed by atoms with Crippen molar-refractivity contribution in [2.45, 2.75) is 25.6 Å². The highest BCUT2D eigenvalue weighted by Crippen LogP contribution is 2.19. The Bertz CT molecular complexity index is 630. The lowest BCUT2D eigenvalue weighted by Gasteiger charge is -2.17. The molecule has 0 saturated carbocycles. The maximum Gasteiger partial charge on any atom is 0.315 e. The summed E-state index contributed by atoms with van der Waals surface area (Å²) in [5.41, 5.74) is -0.469. The molecule has 0 saturated heterocycles. The normalized spacial score (nSPS) is 13.4. The van der Waals surface area contributed by atoms with Crippen LogP contribution in [0.3, 0.4) is 0 Å². The summed E-state index contributed by atoms with van der Waals surface area (Å²) in [6.07, 6.45) is 1.42. The second-order valence-corrected chi connectivity index (χ2v) is 5.02. The molecule has 23 heavy (non-hydrogen) atoms. The third-order valence-corrected chi connectivity index (χ3v) is 3.09. The van der Waals surface area contributed by atoms with E-state index in [4.69, 9.17) is 0 Å². The number of urea groups is 1. The molecule has 1 heterocycles. The molecular weight excluding hydrogens is 308 g/mol. The summed E-state index contributed by atoms with van der Waals surface area (Å²) in [4.78, 5) is 15.5. The number of nitrogens with zero attached hydrogens (tertiary/aromatic N) is 3. The molecule has 1 aromatic heterocycles.